The van der Waals surface area contributed by atoms with Crippen molar-refractivity contribution in [3.05, 3.63) is 82.1 Å². The highest BCUT2D eigenvalue weighted by atomic mass is 79.9. The third-order valence-electron chi connectivity index (χ3n) is 3.38. The normalized spacial score (nSPS) is 17.9. The van der Waals surface area contributed by atoms with Crippen molar-refractivity contribution in [3.8, 4) is 0 Å². The fraction of sp³-hybridized carbons (Fsp3) is 0.118. The Kier molecular flexibility index (Phi) is 3.79. The van der Waals surface area contributed by atoms with Crippen molar-refractivity contribution in [2.75, 3.05) is 6.54 Å². The number of rotatable bonds is 2. The zero-order chi connectivity index (χ0) is 13.9. The number of nitrogens with zero attached hydrogens (tertiary/aromatic N) is 1. The molecule has 3 heteroatoms. The SMILES string of the molecule is Fc1ccc(C2=NCC(c3ccc(Br)cc3)C=C2)cc1. The Morgan fingerprint density at radius 2 is 1.70 bits per heavy atom. The van der Waals surface area contributed by atoms with E-state index in [1.807, 2.05) is 18.2 Å². The fourth-order valence-corrected chi connectivity index (χ4v) is 2.52. The Morgan fingerprint density at radius 1 is 1.00 bits per heavy atom. The molecule has 0 aromatic heterocycles. The molecule has 100 valence electrons. The van der Waals surface area contributed by atoms with Crippen molar-refractivity contribution < 1.29 is 4.39 Å². The minimum Gasteiger partial charge on any atom is -0.284 e. The molecule has 1 heterocycles. The quantitative estimate of drug-likeness (QED) is 0.755. The predicted molar refractivity (Wildman–Crippen MR) is 83.8 cm³/mol. The maximum absolute atomic E-state index is 12.9. The van der Waals surface area contributed by atoms with Gasteiger partial charge in [-0.2, -0.15) is 0 Å². The molecule has 1 aliphatic heterocycles. The lowest BCUT2D eigenvalue weighted by atomic mass is 9.95. The Hall–Kier alpha value is -1.74. The predicted octanol–water partition coefficient (Wildman–Crippen LogP) is 4.73. The van der Waals surface area contributed by atoms with E-state index in [1.54, 1.807) is 12.1 Å². The van der Waals surface area contributed by atoms with Gasteiger partial charge in [0.25, 0.3) is 0 Å². The van der Waals surface area contributed by atoms with E-state index in [9.17, 15) is 4.39 Å². The minimum atomic E-state index is -0.220. The Bertz CT molecular complexity index is 656. The number of hydrogen-bond donors (Lipinski definition) is 0. The average Bonchev–Trinajstić information content (AvgIpc) is 2.49. The summed E-state index contributed by atoms with van der Waals surface area (Å²) in [6.07, 6.45) is 4.18. The molecule has 3 rings (SSSR count). The van der Waals surface area contributed by atoms with Crippen molar-refractivity contribution in [2.45, 2.75) is 5.92 Å². The van der Waals surface area contributed by atoms with Crippen LogP contribution in [0.5, 0.6) is 0 Å². The van der Waals surface area contributed by atoms with Crippen LogP contribution in [-0.4, -0.2) is 12.3 Å². The first kappa shape index (κ1) is 13.3. The molecule has 0 amide bonds. The van der Waals surface area contributed by atoms with Crippen LogP contribution in [0.4, 0.5) is 4.39 Å². The second-order valence-corrected chi connectivity index (χ2v) is 5.67. The second-order valence-electron chi connectivity index (χ2n) is 4.75. The van der Waals surface area contributed by atoms with E-state index in [0.717, 1.165) is 22.3 Å². The van der Waals surface area contributed by atoms with Crippen LogP contribution in [0.2, 0.25) is 0 Å². The lowest BCUT2D eigenvalue weighted by Crippen LogP contribution is -2.09. The first-order chi connectivity index (χ1) is 9.72. The van der Waals surface area contributed by atoms with Gasteiger partial charge in [0.15, 0.2) is 0 Å². The summed E-state index contributed by atoms with van der Waals surface area (Å²) < 4.78 is 14.0. The number of hydrogen-bond acceptors (Lipinski definition) is 1. The topological polar surface area (TPSA) is 12.4 Å². The van der Waals surface area contributed by atoms with Crippen LogP contribution < -0.4 is 0 Å². The van der Waals surface area contributed by atoms with Crippen molar-refractivity contribution in [2.24, 2.45) is 4.99 Å². The standard InChI is InChI=1S/C17H13BrFN/c18-15-6-1-12(2-7-15)14-5-10-17(20-11-14)13-3-8-16(19)9-4-13/h1-10,14H,11H2. The first-order valence-electron chi connectivity index (χ1n) is 6.46. The van der Waals surface area contributed by atoms with Gasteiger partial charge in [-0.25, -0.2) is 4.39 Å². The monoisotopic (exact) mass is 329 g/mol. The third kappa shape index (κ3) is 2.88. The van der Waals surface area contributed by atoms with E-state index in [4.69, 9.17) is 0 Å². The fourth-order valence-electron chi connectivity index (χ4n) is 2.25. The highest BCUT2D eigenvalue weighted by Crippen LogP contribution is 2.23. The van der Waals surface area contributed by atoms with Crippen LogP contribution in [0.1, 0.15) is 17.0 Å². The zero-order valence-electron chi connectivity index (χ0n) is 10.8. The second kappa shape index (κ2) is 5.71. The molecule has 0 spiro atoms. The number of benzene rings is 2. The summed E-state index contributed by atoms with van der Waals surface area (Å²) in [5.41, 5.74) is 3.13. The Labute approximate surface area is 126 Å². The average molecular weight is 330 g/mol. The van der Waals surface area contributed by atoms with Gasteiger partial charge in [0.2, 0.25) is 0 Å². The summed E-state index contributed by atoms with van der Waals surface area (Å²) in [4.78, 5) is 4.61. The highest BCUT2D eigenvalue weighted by Gasteiger charge is 2.13. The van der Waals surface area contributed by atoms with E-state index < -0.39 is 0 Å². The van der Waals surface area contributed by atoms with Gasteiger partial charge < -0.3 is 0 Å². The van der Waals surface area contributed by atoms with Crippen molar-refractivity contribution in [3.63, 3.8) is 0 Å². The van der Waals surface area contributed by atoms with E-state index in [0.29, 0.717) is 5.92 Å². The van der Waals surface area contributed by atoms with Gasteiger partial charge in [-0.1, -0.05) is 34.1 Å². The minimum absolute atomic E-state index is 0.220. The van der Waals surface area contributed by atoms with Crippen LogP contribution in [0.15, 0.2) is 70.1 Å². The molecule has 0 fully saturated rings. The number of aliphatic imine (C=N–C) groups is 1. The van der Waals surface area contributed by atoms with Crippen LogP contribution >= 0.6 is 15.9 Å². The van der Waals surface area contributed by atoms with E-state index in [-0.39, 0.29) is 5.82 Å². The molecule has 0 saturated heterocycles. The Morgan fingerprint density at radius 3 is 2.30 bits per heavy atom. The summed E-state index contributed by atoms with van der Waals surface area (Å²) in [7, 11) is 0. The van der Waals surface area contributed by atoms with Gasteiger partial charge in [0.05, 0.1) is 5.71 Å². The summed E-state index contributed by atoms with van der Waals surface area (Å²) >= 11 is 3.44. The molecule has 0 saturated carbocycles. The molecular weight excluding hydrogens is 317 g/mol. The number of allylic oxidation sites excluding steroid dienone is 1. The molecule has 1 nitrogen and oxygen atoms in total. The molecule has 20 heavy (non-hydrogen) atoms. The van der Waals surface area contributed by atoms with Gasteiger partial charge in [0.1, 0.15) is 5.82 Å². The Balaban J connectivity index is 1.77. The molecule has 0 radical (unpaired) electrons. The summed E-state index contributed by atoms with van der Waals surface area (Å²) in [6, 6.07) is 14.8. The molecule has 0 aliphatic carbocycles. The van der Waals surface area contributed by atoms with Crippen LogP contribution in [0.3, 0.4) is 0 Å². The summed E-state index contributed by atoms with van der Waals surface area (Å²) in [6.45, 7) is 0.727. The molecule has 2 aromatic rings. The van der Waals surface area contributed by atoms with Gasteiger partial charge >= 0.3 is 0 Å². The lowest BCUT2D eigenvalue weighted by molar-refractivity contribution is 0.628. The van der Waals surface area contributed by atoms with Crippen LogP contribution in [0.25, 0.3) is 0 Å². The van der Waals surface area contributed by atoms with E-state index in [1.165, 1.54) is 17.7 Å². The molecule has 0 bridgehead atoms. The van der Waals surface area contributed by atoms with Crippen molar-refractivity contribution in [1.82, 2.24) is 0 Å². The number of dihydropyridines is 1. The third-order valence-corrected chi connectivity index (χ3v) is 3.91. The maximum atomic E-state index is 12.9. The molecular formula is C17H13BrFN. The van der Waals surface area contributed by atoms with Gasteiger partial charge in [-0.3, -0.25) is 4.99 Å². The smallest absolute Gasteiger partial charge is 0.123 e. The van der Waals surface area contributed by atoms with Crippen molar-refractivity contribution >= 4 is 21.6 Å². The molecule has 1 unspecified atom stereocenters. The lowest BCUT2D eigenvalue weighted by Gasteiger charge is -2.16. The van der Waals surface area contributed by atoms with Crippen LogP contribution in [0, 0.1) is 5.82 Å². The zero-order valence-corrected chi connectivity index (χ0v) is 12.3. The maximum Gasteiger partial charge on any atom is 0.123 e. The summed E-state index contributed by atoms with van der Waals surface area (Å²) in [5, 5.41) is 0. The highest BCUT2D eigenvalue weighted by molar-refractivity contribution is 9.10. The van der Waals surface area contributed by atoms with Gasteiger partial charge in [-0.05, 0) is 53.6 Å². The van der Waals surface area contributed by atoms with Crippen molar-refractivity contribution in [1.29, 1.82) is 0 Å². The van der Waals surface area contributed by atoms with Crippen LogP contribution in [-0.2, 0) is 0 Å². The number of halogens is 2. The largest absolute Gasteiger partial charge is 0.284 e. The molecule has 2 aromatic carbocycles. The van der Waals surface area contributed by atoms with Gasteiger partial charge in [-0.15, -0.1) is 0 Å². The molecule has 1 aliphatic rings. The first-order valence-corrected chi connectivity index (χ1v) is 7.26. The van der Waals surface area contributed by atoms with E-state index >= 15 is 0 Å². The van der Waals surface area contributed by atoms with E-state index in [2.05, 4.69) is 39.1 Å². The molecule has 0 N–H and O–H groups in total. The summed E-state index contributed by atoms with van der Waals surface area (Å²) in [5.74, 6) is 0.0918. The van der Waals surface area contributed by atoms with Gasteiger partial charge in [0, 0.05) is 16.9 Å². The molecule has 1 atom stereocenters.